The second-order valence-electron chi connectivity index (χ2n) is 6.08. The summed E-state index contributed by atoms with van der Waals surface area (Å²) in [5.74, 6) is 1.15. The standard InChI is InChI=1S/C21H26N2O3/c1-23(2)18(17-8-6-5-7-9-17)15-22-21(24)13-11-16-10-12-19(25-3)20(14-16)26-4/h5-14,18H,15H2,1-4H3,(H,22,24)/b13-11+. The minimum Gasteiger partial charge on any atom is -0.493 e. The van der Waals surface area contributed by atoms with Crippen molar-refractivity contribution < 1.29 is 14.3 Å². The Morgan fingerprint density at radius 1 is 1.08 bits per heavy atom. The monoisotopic (exact) mass is 354 g/mol. The van der Waals surface area contributed by atoms with Gasteiger partial charge in [0.15, 0.2) is 11.5 Å². The highest BCUT2D eigenvalue weighted by molar-refractivity contribution is 5.91. The van der Waals surface area contributed by atoms with Crippen molar-refractivity contribution in [2.45, 2.75) is 6.04 Å². The van der Waals surface area contributed by atoms with Crippen LogP contribution in [0, 0.1) is 0 Å². The van der Waals surface area contributed by atoms with E-state index in [-0.39, 0.29) is 11.9 Å². The lowest BCUT2D eigenvalue weighted by molar-refractivity contribution is -0.116. The molecule has 2 aromatic rings. The van der Waals surface area contributed by atoms with E-state index in [2.05, 4.69) is 22.3 Å². The molecule has 0 heterocycles. The van der Waals surface area contributed by atoms with E-state index in [1.165, 1.54) is 11.6 Å². The highest BCUT2D eigenvalue weighted by Gasteiger charge is 2.14. The number of nitrogens with one attached hydrogen (secondary N) is 1. The first-order chi connectivity index (χ1) is 12.5. The van der Waals surface area contributed by atoms with E-state index in [1.807, 2.05) is 50.5 Å². The maximum Gasteiger partial charge on any atom is 0.244 e. The molecule has 1 unspecified atom stereocenters. The van der Waals surface area contributed by atoms with Crippen LogP contribution < -0.4 is 14.8 Å². The number of carbonyl (C=O) groups is 1. The third-order valence-corrected chi connectivity index (χ3v) is 4.11. The van der Waals surface area contributed by atoms with Gasteiger partial charge in [-0.2, -0.15) is 0 Å². The maximum absolute atomic E-state index is 12.2. The molecule has 0 aliphatic heterocycles. The lowest BCUT2D eigenvalue weighted by Gasteiger charge is -2.24. The Kier molecular flexibility index (Phi) is 7.24. The predicted octanol–water partition coefficient (Wildman–Crippen LogP) is 3.14. The molecule has 2 rings (SSSR count). The van der Waals surface area contributed by atoms with Gasteiger partial charge < -0.3 is 19.7 Å². The fraction of sp³-hybridized carbons (Fsp3) is 0.286. The van der Waals surface area contributed by atoms with Crippen molar-refractivity contribution in [3.8, 4) is 11.5 Å². The van der Waals surface area contributed by atoms with Crippen molar-refractivity contribution in [2.24, 2.45) is 0 Å². The molecule has 0 fully saturated rings. The van der Waals surface area contributed by atoms with Crippen LogP contribution in [-0.4, -0.2) is 45.7 Å². The summed E-state index contributed by atoms with van der Waals surface area (Å²) in [6, 6.07) is 15.8. The van der Waals surface area contributed by atoms with E-state index in [4.69, 9.17) is 9.47 Å². The van der Waals surface area contributed by atoms with Gasteiger partial charge in [-0.15, -0.1) is 0 Å². The van der Waals surface area contributed by atoms with Crippen LogP contribution in [0.2, 0.25) is 0 Å². The van der Waals surface area contributed by atoms with Crippen LogP contribution in [0.4, 0.5) is 0 Å². The van der Waals surface area contributed by atoms with Gasteiger partial charge in [0, 0.05) is 12.6 Å². The molecular weight excluding hydrogens is 328 g/mol. The van der Waals surface area contributed by atoms with Crippen molar-refractivity contribution in [2.75, 3.05) is 34.9 Å². The lowest BCUT2D eigenvalue weighted by Crippen LogP contribution is -2.33. The Balaban J connectivity index is 1.98. The molecule has 0 spiro atoms. The van der Waals surface area contributed by atoms with Gasteiger partial charge >= 0.3 is 0 Å². The second kappa shape index (κ2) is 9.63. The molecule has 0 saturated heterocycles. The van der Waals surface area contributed by atoms with Gasteiger partial charge in [0.25, 0.3) is 0 Å². The van der Waals surface area contributed by atoms with Gasteiger partial charge in [-0.05, 0) is 43.4 Å². The average molecular weight is 354 g/mol. The predicted molar refractivity (Wildman–Crippen MR) is 104 cm³/mol. The summed E-state index contributed by atoms with van der Waals surface area (Å²) in [7, 11) is 7.18. The first-order valence-corrected chi connectivity index (χ1v) is 8.44. The summed E-state index contributed by atoms with van der Waals surface area (Å²) in [5.41, 5.74) is 2.03. The molecule has 138 valence electrons. The number of carbonyl (C=O) groups excluding carboxylic acids is 1. The Morgan fingerprint density at radius 2 is 1.77 bits per heavy atom. The molecule has 0 saturated carbocycles. The van der Waals surface area contributed by atoms with Gasteiger partial charge in [0.1, 0.15) is 0 Å². The minimum atomic E-state index is -0.137. The lowest BCUT2D eigenvalue weighted by atomic mass is 10.1. The summed E-state index contributed by atoms with van der Waals surface area (Å²) in [4.78, 5) is 14.3. The van der Waals surface area contributed by atoms with Crippen LogP contribution in [0.3, 0.4) is 0 Å². The number of methoxy groups -OCH3 is 2. The molecule has 1 atom stereocenters. The van der Waals surface area contributed by atoms with Crippen LogP contribution in [0.5, 0.6) is 11.5 Å². The van der Waals surface area contributed by atoms with Gasteiger partial charge in [-0.3, -0.25) is 4.79 Å². The summed E-state index contributed by atoms with van der Waals surface area (Å²) in [6.07, 6.45) is 3.28. The van der Waals surface area contributed by atoms with E-state index in [1.54, 1.807) is 20.3 Å². The maximum atomic E-state index is 12.2. The van der Waals surface area contributed by atoms with Crippen molar-refractivity contribution in [1.82, 2.24) is 10.2 Å². The van der Waals surface area contributed by atoms with E-state index in [0.29, 0.717) is 18.0 Å². The molecule has 2 aromatic carbocycles. The van der Waals surface area contributed by atoms with E-state index in [0.717, 1.165) is 5.56 Å². The fourth-order valence-electron chi connectivity index (χ4n) is 2.66. The average Bonchev–Trinajstić information content (AvgIpc) is 2.66. The molecule has 5 nitrogen and oxygen atoms in total. The molecule has 0 aliphatic carbocycles. The summed E-state index contributed by atoms with van der Waals surface area (Å²) in [6.45, 7) is 0.534. The number of benzene rings is 2. The molecule has 0 bridgehead atoms. The molecule has 26 heavy (non-hydrogen) atoms. The smallest absolute Gasteiger partial charge is 0.244 e. The fourth-order valence-corrected chi connectivity index (χ4v) is 2.66. The molecule has 1 amide bonds. The number of hydrogen-bond donors (Lipinski definition) is 1. The normalized spacial score (nSPS) is 12.2. The van der Waals surface area contributed by atoms with Crippen molar-refractivity contribution in [1.29, 1.82) is 0 Å². The van der Waals surface area contributed by atoms with Gasteiger partial charge in [0.2, 0.25) is 5.91 Å². The minimum absolute atomic E-state index is 0.120. The van der Waals surface area contributed by atoms with Gasteiger partial charge in [-0.1, -0.05) is 36.4 Å². The molecule has 0 aromatic heterocycles. The third-order valence-electron chi connectivity index (χ3n) is 4.11. The zero-order chi connectivity index (χ0) is 18.9. The van der Waals surface area contributed by atoms with E-state index in [9.17, 15) is 4.79 Å². The Labute approximate surface area is 155 Å². The molecular formula is C21H26N2O3. The quantitative estimate of drug-likeness (QED) is 0.740. The third kappa shape index (κ3) is 5.36. The number of ether oxygens (including phenoxy) is 2. The van der Waals surface area contributed by atoms with E-state index < -0.39 is 0 Å². The topological polar surface area (TPSA) is 50.8 Å². The van der Waals surface area contributed by atoms with Crippen LogP contribution >= 0.6 is 0 Å². The van der Waals surface area contributed by atoms with Crippen molar-refractivity contribution in [3.63, 3.8) is 0 Å². The number of hydrogen-bond acceptors (Lipinski definition) is 4. The van der Waals surface area contributed by atoms with Crippen molar-refractivity contribution >= 4 is 12.0 Å². The molecule has 1 N–H and O–H groups in total. The highest BCUT2D eigenvalue weighted by Crippen LogP contribution is 2.27. The van der Waals surface area contributed by atoms with E-state index >= 15 is 0 Å². The number of rotatable bonds is 8. The first-order valence-electron chi connectivity index (χ1n) is 8.44. The van der Waals surface area contributed by atoms with Gasteiger partial charge in [-0.25, -0.2) is 0 Å². The largest absolute Gasteiger partial charge is 0.493 e. The first kappa shape index (κ1) is 19.5. The molecule has 0 radical (unpaired) electrons. The van der Waals surface area contributed by atoms with Crippen LogP contribution in [0.1, 0.15) is 17.2 Å². The molecule has 0 aliphatic rings. The molecule has 5 heteroatoms. The summed E-state index contributed by atoms with van der Waals surface area (Å²) in [5, 5.41) is 2.96. The Bertz CT molecular complexity index is 742. The number of amides is 1. The van der Waals surface area contributed by atoms with Crippen LogP contribution in [0.15, 0.2) is 54.6 Å². The van der Waals surface area contributed by atoms with Crippen LogP contribution in [0.25, 0.3) is 6.08 Å². The Hall–Kier alpha value is -2.79. The summed E-state index contributed by atoms with van der Waals surface area (Å²) >= 11 is 0. The second-order valence-corrected chi connectivity index (χ2v) is 6.08. The van der Waals surface area contributed by atoms with Crippen LogP contribution in [-0.2, 0) is 4.79 Å². The Morgan fingerprint density at radius 3 is 2.38 bits per heavy atom. The van der Waals surface area contributed by atoms with Gasteiger partial charge in [0.05, 0.1) is 20.3 Å². The zero-order valence-corrected chi connectivity index (χ0v) is 15.7. The number of likely N-dealkylation sites (N-methyl/N-ethyl adjacent to an activating group) is 1. The summed E-state index contributed by atoms with van der Waals surface area (Å²) < 4.78 is 10.5. The number of nitrogens with zero attached hydrogens (tertiary/aromatic N) is 1. The van der Waals surface area contributed by atoms with Crippen molar-refractivity contribution in [3.05, 3.63) is 65.7 Å². The highest BCUT2D eigenvalue weighted by atomic mass is 16.5. The SMILES string of the molecule is COc1ccc(/C=C/C(=O)NCC(c2ccccc2)N(C)C)cc1OC. The zero-order valence-electron chi connectivity index (χ0n) is 15.7.